The van der Waals surface area contributed by atoms with Crippen molar-refractivity contribution in [1.29, 1.82) is 0 Å². The lowest BCUT2D eigenvalue weighted by atomic mass is 9.87. The number of hydrogen-bond donors (Lipinski definition) is 0. The minimum atomic E-state index is -0.227. The molecule has 3 heteroatoms. The van der Waals surface area contributed by atoms with Gasteiger partial charge in [-0.25, -0.2) is 4.39 Å². The molecule has 0 aliphatic carbocycles. The fourth-order valence-electron chi connectivity index (χ4n) is 4.11. The fourth-order valence-corrected chi connectivity index (χ4v) is 4.11. The summed E-state index contributed by atoms with van der Waals surface area (Å²) in [4.78, 5) is 6.82. The molecular weight excluding hydrogens is 359 g/mol. The number of rotatable bonds is 6. The van der Waals surface area contributed by atoms with Gasteiger partial charge in [0.1, 0.15) is 5.82 Å². The van der Waals surface area contributed by atoms with Gasteiger partial charge in [-0.2, -0.15) is 0 Å². The zero-order chi connectivity index (χ0) is 21.2. The number of aliphatic imine (C=N–C) groups is 1. The van der Waals surface area contributed by atoms with Crippen LogP contribution in [-0.2, 0) is 0 Å². The second-order valence-corrected chi connectivity index (χ2v) is 8.68. The standard InChI is InChI=1S/C26H33FN2/c1-7-13-29-25-15-24(27)21(14-23(25)19(4)16-26(29,5)6)17-28-22-11-9-20(10-12-22)18(3)8-2/h9-12,14-18H,7-8,13H2,1-6H3. The van der Waals surface area contributed by atoms with Crippen LogP contribution in [0, 0.1) is 5.82 Å². The Balaban J connectivity index is 1.92. The van der Waals surface area contributed by atoms with Crippen molar-refractivity contribution in [2.45, 2.75) is 65.8 Å². The van der Waals surface area contributed by atoms with Crippen LogP contribution in [0.3, 0.4) is 0 Å². The Morgan fingerprint density at radius 2 is 1.83 bits per heavy atom. The summed E-state index contributed by atoms with van der Waals surface area (Å²) in [7, 11) is 0. The summed E-state index contributed by atoms with van der Waals surface area (Å²) in [6.45, 7) is 14.0. The van der Waals surface area contributed by atoms with E-state index in [1.165, 1.54) is 11.1 Å². The number of anilines is 1. The maximum absolute atomic E-state index is 15.0. The highest BCUT2D eigenvalue weighted by atomic mass is 19.1. The number of hydrogen-bond acceptors (Lipinski definition) is 2. The van der Waals surface area contributed by atoms with Crippen molar-refractivity contribution in [3.05, 3.63) is 65.0 Å². The van der Waals surface area contributed by atoms with Crippen LogP contribution in [0.15, 0.2) is 47.5 Å². The average Bonchev–Trinajstić information content (AvgIpc) is 2.69. The minimum absolute atomic E-state index is 0.119. The second-order valence-electron chi connectivity index (χ2n) is 8.68. The van der Waals surface area contributed by atoms with E-state index in [2.05, 4.69) is 69.6 Å². The van der Waals surface area contributed by atoms with Crippen LogP contribution < -0.4 is 4.90 Å². The van der Waals surface area contributed by atoms with Crippen LogP contribution in [0.2, 0.25) is 0 Å². The van der Waals surface area contributed by atoms with Crippen LogP contribution in [0.4, 0.5) is 15.8 Å². The summed E-state index contributed by atoms with van der Waals surface area (Å²) < 4.78 is 15.0. The molecule has 29 heavy (non-hydrogen) atoms. The van der Waals surface area contributed by atoms with Crippen LogP contribution in [0.5, 0.6) is 0 Å². The van der Waals surface area contributed by atoms with Gasteiger partial charge in [-0.1, -0.05) is 39.0 Å². The Morgan fingerprint density at radius 3 is 2.45 bits per heavy atom. The van der Waals surface area contributed by atoms with E-state index in [0.717, 1.165) is 36.3 Å². The number of benzene rings is 2. The molecule has 2 nitrogen and oxygen atoms in total. The SMILES string of the molecule is CCCN1c2cc(F)c(C=Nc3ccc(C(C)CC)cc3)cc2C(C)=CC1(C)C. The molecule has 0 radical (unpaired) electrons. The Morgan fingerprint density at radius 1 is 1.14 bits per heavy atom. The van der Waals surface area contributed by atoms with Crippen molar-refractivity contribution >= 4 is 23.2 Å². The first-order valence-corrected chi connectivity index (χ1v) is 10.7. The molecule has 3 rings (SSSR count). The van der Waals surface area contributed by atoms with Crippen LogP contribution in [0.1, 0.15) is 77.0 Å². The molecule has 2 aromatic rings. The topological polar surface area (TPSA) is 15.6 Å². The lowest BCUT2D eigenvalue weighted by Crippen LogP contribution is -2.45. The second kappa shape index (κ2) is 8.52. The van der Waals surface area contributed by atoms with Crippen LogP contribution >= 0.6 is 0 Å². The Kier molecular flexibility index (Phi) is 6.26. The van der Waals surface area contributed by atoms with Gasteiger partial charge in [0.05, 0.1) is 11.2 Å². The molecule has 0 bridgehead atoms. The smallest absolute Gasteiger partial charge is 0.134 e. The lowest BCUT2D eigenvalue weighted by molar-refractivity contribution is 0.546. The third-order valence-corrected chi connectivity index (χ3v) is 5.97. The summed E-state index contributed by atoms with van der Waals surface area (Å²) in [5.74, 6) is 0.312. The maximum Gasteiger partial charge on any atom is 0.134 e. The molecule has 0 saturated heterocycles. The first kappa shape index (κ1) is 21.3. The van der Waals surface area contributed by atoms with E-state index in [9.17, 15) is 4.39 Å². The summed E-state index contributed by atoms with van der Waals surface area (Å²) in [5.41, 5.74) is 5.81. The van der Waals surface area contributed by atoms with E-state index < -0.39 is 0 Å². The average molecular weight is 393 g/mol. The number of allylic oxidation sites excluding steroid dienone is 1. The van der Waals surface area contributed by atoms with E-state index in [4.69, 9.17) is 0 Å². The predicted octanol–water partition coefficient (Wildman–Crippen LogP) is 7.50. The molecule has 0 spiro atoms. The predicted molar refractivity (Wildman–Crippen MR) is 124 cm³/mol. The largest absolute Gasteiger partial charge is 0.362 e. The van der Waals surface area contributed by atoms with Gasteiger partial charge in [0.2, 0.25) is 0 Å². The molecule has 1 aliphatic heterocycles. The third-order valence-electron chi connectivity index (χ3n) is 5.97. The molecule has 0 saturated carbocycles. The van der Waals surface area contributed by atoms with Crippen LogP contribution in [0.25, 0.3) is 5.57 Å². The summed E-state index contributed by atoms with van der Waals surface area (Å²) in [6.07, 6.45) is 6.05. The van der Waals surface area contributed by atoms with E-state index >= 15 is 0 Å². The van der Waals surface area contributed by atoms with Crippen LogP contribution in [-0.4, -0.2) is 18.3 Å². The molecular formula is C26H33FN2. The van der Waals surface area contributed by atoms with Gasteiger partial charge in [-0.15, -0.1) is 0 Å². The van der Waals surface area contributed by atoms with E-state index in [1.54, 1.807) is 12.3 Å². The van der Waals surface area contributed by atoms with Crippen molar-refractivity contribution in [2.75, 3.05) is 11.4 Å². The maximum atomic E-state index is 15.0. The highest BCUT2D eigenvalue weighted by Crippen LogP contribution is 2.40. The minimum Gasteiger partial charge on any atom is -0.362 e. The van der Waals surface area contributed by atoms with Crippen molar-refractivity contribution in [3.63, 3.8) is 0 Å². The van der Waals surface area contributed by atoms with Crippen molar-refractivity contribution < 1.29 is 4.39 Å². The normalized spacial score (nSPS) is 16.7. The third kappa shape index (κ3) is 4.44. The molecule has 0 amide bonds. The molecule has 1 heterocycles. The summed E-state index contributed by atoms with van der Waals surface area (Å²) in [5, 5.41) is 0. The monoisotopic (exact) mass is 392 g/mol. The van der Waals surface area contributed by atoms with Gasteiger partial charge in [-0.05, 0) is 74.9 Å². The zero-order valence-corrected chi connectivity index (χ0v) is 18.6. The Labute approximate surface area is 175 Å². The molecule has 2 aromatic carbocycles. The van der Waals surface area contributed by atoms with Gasteiger partial charge in [-0.3, -0.25) is 4.99 Å². The van der Waals surface area contributed by atoms with Gasteiger partial charge in [0.15, 0.2) is 0 Å². The summed E-state index contributed by atoms with van der Waals surface area (Å²) in [6, 6.07) is 11.8. The van der Waals surface area contributed by atoms with Gasteiger partial charge >= 0.3 is 0 Å². The molecule has 0 fully saturated rings. The van der Waals surface area contributed by atoms with Crippen molar-refractivity contribution in [2.24, 2.45) is 4.99 Å². The molecule has 1 atom stereocenters. The van der Waals surface area contributed by atoms with Gasteiger partial charge < -0.3 is 4.90 Å². The van der Waals surface area contributed by atoms with Gasteiger partial charge in [0.25, 0.3) is 0 Å². The Bertz CT molecular complexity index is 922. The zero-order valence-electron chi connectivity index (χ0n) is 18.6. The number of fused-ring (bicyclic) bond motifs is 1. The highest BCUT2D eigenvalue weighted by molar-refractivity contribution is 5.89. The highest BCUT2D eigenvalue weighted by Gasteiger charge is 2.31. The number of halogens is 1. The first-order valence-electron chi connectivity index (χ1n) is 10.7. The van der Waals surface area contributed by atoms with Crippen molar-refractivity contribution in [1.82, 2.24) is 0 Å². The van der Waals surface area contributed by atoms with E-state index in [-0.39, 0.29) is 11.4 Å². The molecule has 0 aromatic heterocycles. The van der Waals surface area contributed by atoms with Gasteiger partial charge in [0, 0.05) is 29.6 Å². The Hall–Kier alpha value is -2.42. The lowest BCUT2D eigenvalue weighted by Gasteiger charge is -2.43. The van der Waals surface area contributed by atoms with E-state index in [0.29, 0.717) is 11.5 Å². The quantitative estimate of drug-likeness (QED) is 0.465. The van der Waals surface area contributed by atoms with E-state index in [1.807, 2.05) is 18.2 Å². The fraction of sp³-hybridized carbons (Fsp3) is 0.423. The molecule has 154 valence electrons. The number of nitrogens with zero attached hydrogens (tertiary/aromatic N) is 2. The summed E-state index contributed by atoms with van der Waals surface area (Å²) >= 11 is 0. The molecule has 1 aliphatic rings. The molecule has 0 N–H and O–H groups in total. The van der Waals surface area contributed by atoms with Crippen molar-refractivity contribution in [3.8, 4) is 0 Å². The first-order chi connectivity index (χ1) is 13.8. The molecule has 1 unspecified atom stereocenters.